The molecule has 19 heteroatoms. The highest BCUT2D eigenvalue weighted by Crippen LogP contribution is 2.45. The zero-order valence-corrected chi connectivity index (χ0v) is 66.9. The van der Waals surface area contributed by atoms with E-state index in [0.29, 0.717) is 25.7 Å². The van der Waals surface area contributed by atoms with Gasteiger partial charge < -0.3 is 33.8 Å². The molecule has 0 rings (SSSR count). The number of hydrogen-bond donors (Lipinski definition) is 3. The van der Waals surface area contributed by atoms with Crippen LogP contribution in [0.2, 0.25) is 0 Å². The third-order valence-electron chi connectivity index (χ3n) is 18.9. The molecular formula is C80H156O17P2. The van der Waals surface area contributed by atoms with Crippen molar-refractivity contribution in [1.29, 1.82) is 0 Å². The maximum Gasteiger partial charge on any atom is 0.472 e. The average Bonchev–Trinajstić information content (AvgIpc) is 1.04. The Morgan fingerprint density at radius 2 is 0.485 bits per heavy atom. The highest BCUT2D eigenvalue weighted by molar-refractivity contribution is 7.47. The summed E-state index contributed by atoms with van der Waals surface area (Å²) in [6, 6.07) is 0. The van der Waals surface area contributed by atoms with Crippen LogP contribution in [0.5, 0.6) is 0 Å². The van der Waals surface area contributed by atoms with E-state index < -0.39 is 97.5 Å². The molecule has 17 nitrogen and oxygen atoms in total. The molecule has 0 amide bonds. The maximum absolute atomic E-state index is 13.1. The molecule has 3 N–H and O–H groups in total. The number of phosphoric acid groups is 2. The van der Waals surface area contributed by atoms with E-state index in [1.165, 1.54) is 212 Å². The van der Waals surface area contributed by atoms with E-state index in [1.54, 1.807) is 0 Å². The zero-order valence-electron chi connectivity index (χ0n) is 65.1. The number of unbranched alkanes of at least 4 members (excludes halogenated alkanes) is 42. The predicted molar refractivity (Wildman–Crippen MR) is 404 cm³/mol. The van der Waals surface area contributed by atoms with Crippen LogP contribution in [-0.2, 0) is 65.4 Å². The van der Waals surface area contributed by atoms with E-state index >= 15 is 0 Å². The average molecular weight is 1450 g/mol. The molecule has 0 aliphatic rings. The molecule has 0 saturated carbocycles. The van der Waals surface area contributed by atoms with Crippen LogP contribution < -0.4 is 0 Å². The van der Waals surface area contributed by atoms with Gasteiger partial charge in [-0.25, -0.2) is 9.13 Å². The predicted octanol–water partition coefficient (Wildman–Crippen LogP) is 23.6. The molecular weight excluding hydrogens is 1290 g/mol. The van der Waals surface area contributed by atoms with Crippen molar-refractivity contribution in [1.82, 2.24) is 0 Å². The summed E-state index contributed by atoms with van der Waals surface area (Å²) < 4.78 is 68.6. The fourth-order valence-corrected chi connectivity index (χ4v) is 13.8. The second kappa shape index (κ2) is 69.1. The van der Waals surface area contributed by atoms with E-state index in [0.717, 1.165) is 114 Å². The lowest BCUT2D eigenvalue weighted by atomic mass is 9.99. The third kappa shape index (κ3) is 72.8. The SMILES string of the molecule is CCC(C)CCCCCCCCCCC(=O)O[C@H](COC(=O)CCCCCCCCCCC(C)C)COP(=O)(O)OCC(O)COP(=O)(O)OC[C@@H](COC(=O)CCCCCCCCCCCCCCCCCCCCC(C)C)OC(=O)CCCCCCCCCCCCCCC(C)C. The molecule has 0 aromatic heterocycles. The van der Waals surface area contributed by atoms with Crippen LogP contribution in [-0.4, -0.2) is 96.7 Å². The molecule has 0 spiro atoms. The minimum atomic E-state index is -4.96. The Labute approximate surface area is 607 Å². The molecule has 0 aliphatic heterocycles. The second-order valence-corrected chi connectivity index (χ2v) is 33.4. The minimum absolute atomic E-state index is 0.104. The van der Waals surface area contributed by atoms with Crippen molar-refractivity contribution in [2.75, 3.05) is 39.6 Å². The lowest BCUT2D eigenvalue weighted by molar-refractivity contribution is -0.161. The monoisotopic (exact) mass is 1450 g/mol. The second-order valence-electron chi connectivity index (χ2n) is 30.5. The summed E-state index contributed by atoms with van der Waals surface area (Å²) in [4.78, 5) is 73.0. The van der Waals surface area contributed by atoms with Crippen molar-refractivity contribution >= 4 is 39.5 Å². The summed E-state index contributed by atoms with van der Waals surface area (Å²) in [5.74, 6) is 0.978. The van der Waals surface area contributed by atoms with E-state index in [4.69, 9.17) is 37.0 Å². The Balaban J connectivity index is 5.21. The fourth-order valence-electron chi connectivity index (χ4n) is 12.2. The van der Waals surface area contributed by atoms with Crippen molar-refractivity contribution < 1.29 is 80.2 Å². The Kier molecular flexibility index (Phi) is 67.8. The Morgan fingerprint density at radius 3 is 0.717 bits per heavy atom. The smallest absolute Gasteiger partial charge is 0.462 e. The van der Waals surface area contributed by atoms with Crippen molar-refractivity contribution in [3.8, 4) is 0 Å². The van der Waals surface area contributed by atoms with Crippen LogP contribution in [0.25, 0.3) is 0 Å². The van der Waals surface area contributed by atoms with Crippen LogP contribution in [0.15, 0.2) is 0 Å². The van der Waals surface area contributed by atoms with Gasteiger partial charge in [-0.15, -0.1) is 0 Å². The first-order valence-electron chi connectivity index (χ1n) is 41.2. The number of carbonyl (C=O) groups is 4. The first kappa shape index (κ1) is 97.1. The first-order valence-corrected chi connectivity index (χ1v) is 44.2. The maximum atomic E-state index is 13.1. The van der Waals surface area contributed by atoms with Gasteiger partial charge in [-0.3, -0.25) is 37.3 Å². The lowest BCUT2D eigenvalue weighted by Crippen LogP contribution is -2.30. The molecule has 0 heterocycles. The standard InChI is InChI=1S/C80H156O17P2/c1-9-73(8)59-51-43-35-29-31-39-47-55-63-80(85)97-76(67-91-78(83)61-53-45-37-30-28-34-42-50-58-72(6)7)69-95-99(88,89)93-65-74(81)64-92-98(86,87)94-68-75(96-79(84)62-54-46-38-27-23-19-18-21-25-33-41-49-57-71(4)5)66-90-77(82)60-52-44-36-26-22-17-15-13-11-10-12-14-16-20-24-32-40-48-56-70(2)3/h70-76,81H,9-69H2,1-8H3,(H,86,87)(H,88,89)/t73?,74?,75-,76-/m1/s1. The summed E-state index contributed by atoms with van der Waals surface area (Å²) in [6.45, 7) is 14.2. The number of phosphoric ester groups is 2. The van der Waals surface area contributed by atoms with E-state index in [1.807, 2.05) is 0 Å². The number of carbonyl (C=O) groups excluding carboxylic acids is 4. The fraction of sp³-hybridized carbons (Fsp3) is 0.950. The molecule has 0 saturated heterocycles. The van der Waals surface area contributed by atoms with Crippen molar-refractivity contribution in [2.24, 2.45) is 23.7 Å². The van der Waals surface area contributed by atoms with Gasteiger partial charge in [0.25, 0.3) is 0 Å². The van der Waals surface area contributed by atoms with Crippen LogP contribution in [0.4, 0.5) is 0 Å². The van der Waals surface area contributed by atoms with E-state index in [9.17, 15) is 43.2 Å². The zero-order chi connectivity index (χ0) is 73.1. The van der Waals surface area contributed by atoms with Crippen molar-refractivity contribution in [3.63, 3.8) is 0 Å². The van der Waals surface area contributed by atoms with Gasteiger partial charge in [0.05, 0.1) is 26.4 Å². The largest absolute Gasteiger partial charge is 0.472 e. The highest BCUT2D eigenvalue weighted by atomic mass is 31.2. The van der Waals surface area contributed by atoms with Gasteiger partial charge in [0.2, 0.25) is 0 Å². The normalized spacial score (nSPS) is 14.3. The number of esters is 4. The molecule has 6 atom stereocenters. The van der Waals surface area contributed by atoms with Gasteiger partial charge in [0, 0.05) is 25.7 Å². The summed E-state index contributed by atoms with van der Waals surface area (Å²) in [5.41, 5.74) is 0. The van der Waals surface area contributed by atoms with Crippen LogP contribution in [0.1, 0.15) is 409 Å². The van der Waals surface area contributed by atoms with Gasteiger partial charge in [-0.05, 0) is 49.4 Å². The van der Waals surface area contributed by atoms with Gasteiger partial charge >= 0.3 is 39.5 Å². The van der Waals surface area contributed by atoms with E-state index in [2.05, 4.69) is 55.4 Å². The van der Waals surface area contributed by atoms with Gasteiger partial charge in [0.1, 0.15) is 19.3 Å². The topological polar surface area (TPSA) is 237 Å². The quantitative estimate of drug-likeness (QED) is 0.0222. The van der Waals surface area contributed by atoms with Crippen molar-refractivity contribution in [3.05, 3.63) is 0 Å². The number of hydrogen-bond acceptors (Lipinski definition) is 15. The molecule has 0 aliphatic carbocycles. The first-order chi connectivity index (χ1) is 47.6. The Hall–Kier alpha value is -1.94. The summed E-state index contributed by atoms with van der Waals surface area (Å²) in [7, 11) is -9.92. The van der Waals surface area contributed by atoms with Crippen LogP contribution in [0, 0.1) is 23.7 Å². The Morgan fingerprint density at radius 1 is 0.283 bits per heavy atom. The molecule has 0 fully saturated rings. The molecule has 99 heavy (non-hydrogen) atoms. The summed E-state index contributed by atoms with van der Waals surface area (Å²) in [6.07, 6.45) is 55.6. The number of ether oxygens (including phenoxy) is 4. The number of aliphatic hydroxyl groups is 1. The molecule has 0 radical (unpaired) electrons. The molecule has 0 bridgehead atoms. The highest BCUT2D eigenvalue weighted by Gasteiger charge is 2.30. The van der Waals surface area contributed by atoms with Gasteiger partial charge in [-0.1, -0.05) is 357 Å². The third-order valence-corrected chi connectivity index (χ3v) is 20.8. The summed E-state index contributed by atoms with van der Waals surface area (Å²) in [5, 5.41) is 10.6. The van der Waals surface area contributed by atoms with Gasteiger partial charge in [0.15, 0.2) is 12.2 Å². The van der Waals surface area contributed by atoms with Crippen molar-refractivity contribution in [2.45, 2.75) is 427 Å². The Bertz CT molecular complexity index is 1940. The number of rotatable bonds is 77. The molecule has 588 valence electrons. The summed E-state index contributed by atoms with van der Waals surface area (Å²) >= 11 is 0. The number of aliphatic hydroxyl groups excluding tert-OH is 1. The molecule has 0 aromatic rings. The van der Waals surface area contributed by atoms with E-state index in [-0.39, 0.29) is 25.7 Å². The van der Waals surface area contributed by atoms with Crippen LogP contribution >= 0.6 is 15.6 Å². The minimum Gasteiger partial charge on any atom is -0.462 e. The van der Waals surface area contributed by atoms with Crippen LogP contribution in [0.3, 0.4) is 0 Å². The molecule has 0 aromatic carbocycles. The molecule has 4 unspecified atom stereocenters. The lowest BCUT2D eigenvalue weighted by Gasteiger charge is -2.21. The van der Waals surface area contributed by atoms with Gasteiger partial charge in [-0.2, -0.15) is 0 Å².